The second-order valence-electron chi connectivity index (χ2n) is 3.10. The van der Waals surface area contributed by atoms with Crippen molar-refractivity contribution in [2.75, 3.05) is 0 Å². The summed E-state index contributed by atoms with van der Waals surface area (Å²) in [5.74, 6) is 0.730. The molecule has 15 heavy (non-hydrogen) atoms. The molecule has 2 aliphatic rings. The normalized spacial score (nSPS) is 25.1. The van der Waals surface area contributed by atoms with Crippen LogP contribution in [0.5, 0.6) is 17.2 Å². The molecule has 3 heterocycles. The van der Waals surface area contributed by atoms with E-state index in [1.807, 2.05) is 0 Å². The summed E-state index contributed by atoms with van der Waals surface area (Å²) in [5, 5.41) is 16.3. The van der Waals surface area contributed by atoms with Crippen molar-refractivity contribution in [2.24, 2.45) is 0 Å². The van der Waals surface area contributed by atoms with Crippen molar-refractivity contribution in [2.45, 2.75) is 0 Å². The molecular formula is C6H2N3O5P. The second kappa shape index (κ2) is 1.87. The Balaban J connectivity index is 2.23. The van der Waals surface area contributed by atoms with E-state index >= 15 is 0 Å². The van der Waals surface area contributed by atoms with Crippen molar-refractivity contribution in [1.82, 2.24) is 15.2 Å². The monoisotopic (exact) mass is 227 g/mol. The predicted octanol–water partition coefficient (Wildman–Crippen LogP) is 0.940. The maximum Gasteiger partial charge on any atom is 0.647 e. The first-order valence-corrected chi connectivity index (χ1v) is 5.43. The van der Waals surface area contributed by atoms with Crippen LogP contribution in [0, 0.1) is 0 Å². The van der Waals surface area contributed by atoms with E-state index in [0.717, 1.165) is 0 Å². The number of hydrogen-bond donors (Lipinski definition) is 1. The van der Waals surface area contributed by atoms with Gasteiger partial charge in [-0.25, -0.2) is 0 Å². The van der Waals surface area contributed by atoms with Gasteiger partial charge in [0.2, 0.25) is 11.5 Å². The first-order chi connectivity index (χ1) is 7.16. The van der Waals surface area contributed by atoms with Gasteiger partial charge in [0.05, 0.1) is 0 Å². The van der Waals surface area contributed by atoms with Crippen molar-refractivity contribution in [3.05, 3.63) is 6.07 Å². The highest BCUT2D eigenvalue weighted by Crippen LogP contribution is 2.69. The van der Waals surface area contributed by atoms with Crippen LogP contribution < -0.4 is 13.6 Å². The van der Waals surface area contributed by atoms with Gasteiger partial charge in [-0.05, 0) is 5.21 Å². The van der Waals surface area contributed by atoms with Crippen LogP contribution in [0.1, 0.15) is 0 Å². The Kier molecular flexibility index (Phi) is 0.917. The average Bonchev–Trinajstić information content (AvgIpc) is 2.76. The maximum atomic E-state index is 11.6. The molecule has 2 aromatic rings. The van der Waals surface area contributed by atoms with E-state index in [0.29, 0.717) is 10.4 Å². The number of phosphoric ester groups is 1. The number of aromatic nitrogens is 3. The van der Waals surface area contributed by atoms with Gasteiger partial charge in [0.15, 0.2) is 11.3 Å². The Bertz CT molecular complexity index is 664. The van der Waals surface area contributed by atoms with E-state index in [1.54, 1.807) is 0 Å². The Morgan fingerprint density at radius 2 is 2.13 bits per heavy atom. The quantitative estimate of drug-likeness (QED) is 0.528. The summed E-state index contributed by atoms with van der Waals surface area (Å²) >= 11 is 0. The van der Waals surface area contributed by atoms with Gasteiger partial charge in [-0.1, -0.05) is 4.85 Å². The van der Waals surface area contributed by atoms with E-state index in [2.05, 4.69) is 10.3 Å². The van der Waals surface area contributed by atoms with Crippen LogP contribution in [-0.4, -0.2) is 20.4 Å². The van der Waals surface area contributed by atoms with Gasteiger partial charge in [0.25, 0.3) is 0 Å². The van der Waals surface area contributed by atoms with Crippen LogP contribution in [0.4, 0.5) is 0 Å². The lowest BCUT2D eigenvalue weighted by molar-refractivity contribution is 0.154. The molecule has 4 rings (SSSR count). The Morgan fingerprint density at radius 3 is 2.93 bits per heavy atom. The van der Waals surface area contributed by atoms with Gasteiger partial charge >= 0.3 is 7.82 Å². The summed E-state index contributed by atoms with van der Waals surface area (Å²) in [6.07, 6.45) is 0. The molecule has 2 aliphatic heterocycles. The van der Waals surface area contributed by atoms with Crippen molar-refractivity contribution in [1.29, 1.82) is 0 Å². The highest BCUT2D eigenvalue weighted by atomic mass is 31.2. The molecule has 2 bridgehead atoms. The third kappa shape index (κ3) is 0.688. The van der Waals surface area contributed by atoms with Gasteiger partial charge in [0.1, 0.15) is 5.52 Å². The number of hydrogen-bond acceptors (Lipinski definition) is 7. The highest BCUT2D eigenvalue weighted by molar-refractivity contribution is 7.50. The molecule has 8 nitrogen and oxygen atoms in total. The summed E-state index contributed by atoms with van der Waals surface area (Å²) in [6.45, 7) is 0. The molecule has 0 fully saturated rings. The minimum atomic E-state index is -3.50. The summed E-state index contributed by atoms with van der Waals surface area (Å²) in [4.78, 5) is 0.584. The van der Waals surface area contributed by atoms with Crippen LogP contribution >= 0.6 is 7.82 Å². The van der Waals surface area contributed by atoms with Crippen molar-refractivity contribution < 1.29 is 23.3 Å². The Morgan fingerprint density at radius 1 is 1.33 bits per heavy atom. The number of fused-ring (bicyclic) bond motifs is 3. The van der Waals surface area contributed by atoms with E-state index in [4.69, 9.17) is 13.6 Å². The molecule has 0 aliphatic carbocycles. The minimum absolute atomic E-state index is 0.206. The van der Waals surface area contributed by atoms with E-state index in [-0.39, 0.29) is 22.8 Å². The van der Waals surface area contributed by atoms with Gasteiger partial charge in [-0.3, -0.25) is 0 Å². The molecule has 0 spiro atoms. The predicted molar refractivity (Wildman–Crippen MR) is 44.2 cm³/mol. The second-order valence-corrected chi connectivity index (χ2v) is 4.54. The summed E-state index contributed by atoms with van der Waals surface area (Å²) in [5.41, 5.74) is 0.595. The van der Waals surface area contributed by atoms with Crippen LogP contribution in [0.2, 0.25) is 0 Å². The summed E-state index contributed by atoms with van der Waals surface area (Å²) in [6, 6.07) is 1.44. The zero-order valence-corrected chi connectivity index (χ0v) is 7.84. The first-order valence-electron chi connectivity index (χ1n) is 3.97. The molecule has 1 unspecified atom stereocenters. The van der Waals surface area contributed by atoms with E-state index < -0.39 is 7.82 Å². The summed E-state index contributed by atoms with van der Waals surface area (Å²) in [7, 11) is -3.50. The fourth-order valence-electron chi connectivity index (χ4n) is 1.62. The number of benzene rings is 1. The van der Waals surface area contributed by atoms with Crippen LogP contribution in [0.3, 0.4) is 0 Å². The molecule has 76 valence electrons. The van der Waals surface area contributed by atoms with Crippen LogP contribution in [0.15, 0.2) is 6.07 Å². The van der Waals surface area contributed by atoms with Gasteiger partial charge in [-0.2, -0.15) is 4.57 Å². The average molecular weight is 227 g/mol. The maximum absolute atomic E-state index is 11.6. The van der Waals surface area contributed by atoms with Crippen molar-refractivity contribution >= 4 is 18.9 Å². The summed E-state index contributed by atoms with van der Waals surface area (Å²) < 4.78 is 26.5. The molecule has 1 aromatic heterocycles. The molecular weight excluding hydrogens is 225 g/mol. The SMILES string of the molecule is O=P12Oc3cc4c(nnn4O)c(c3O1)O2. The Labute approximate surface area is 81.5 Å². The molecule has 0 amide bonds. The first kappa shape index (κ1) is 7.36. The van der Waals surface area contributed by atoms with Gasteiger partial charge in [0, 0.05) is 6.07 Å². The third-order valence-electron chi connectivity index (χ3n) is 2.22. The lowest BCUT2D eigenvalue weighted by Crippen LogP contribution is -1.98. The smallest absolute Gasteiger partial charge is 0.410 e. The fraction of sp³-hybridized carbons (Fsp3) is 0. The lowest BCUT2D eigenvalue weighted by atomic mass is 10.2. The molecule has 1 N–H and O–H groups in total. The molecule has 9 heteroatoms. The van der Waals surface area contributed by atoms with Crippen molar-refractivity contribution in [3.8, 4) is 17.2 Å². The van der Waals surface area contributed by atoms with Crippen LogP contribution in [0.25, 0.3) is 11.0 Å². The molecule has 0 saturated carbocycles. The minimum Gasteiger partial charge on any atom is -0.410 e. The topological polar surface area (TPSA) is 95.7 Å². The van der Waals surface area contributed by atoms with Crippen LogP contribution in [-0.2, 0) is 4.57 Å². The van der Waals surface area contributed by atoms with Gasteiger partial charge < -0.3 is 18.8 Å². The number of nitrogens with zero attached hydrogens (tertiary/aromatic N) is 3. The van der Waals surface area contributed by atoms with E-state index in [1.165, 1.54) is 6.07 Å². The third-order valence-corrected chi connectivity index (χ3v) is 3.45. The molecule has 0 saturated heterocycles. The van der Waals surface area contributed by atoms with Gasteiger partial charge in [-0.15, -0.1) is 5.10 Å². The lowest BCUT2D eigenvalue weighted by Gasteiger charge is -2.08. The zero-order valence-electron chi connectivity index (χ0n) is 6.95. The van der Waals surface area contributed by atoms with Crippen molar-refractivity contribution in [3.63, 3.8) is 0 Å². The number of phosphoric acid groups is 1. The Hall–Kier alpha value is -1.95. The van der Waals surface area contributed by atoms with E-state index in [9.17, 15) is 9.77 Å². The largest absolute Gasteiger partial charge is 0.647 e. The fourth-order valence-corrected chi connectivity index (χ4v) is 2.89. The standard InChI is InChI=1S/C6H2N3O5P/c10-9-2-1-3-5-6(4(2)7-8-9)14-15(11,12-3)13-5/h1,10H. The zero-order chi connectivity index (χ0) is 10.2. The molecule has 0 radical (unpaired) electrons. The molecule has 1 atom stereocenters. The molecule has 1 aromatic carbocycles. The highest BCUT2D eigenvalue weighted by Gasteiger charge is 2.51. The number of rotatable bonds is 0.